The van der Waals surface area contributed by atoms with Gasteiger partial charge in [-0.15, -0.1) is 0 Å². The molecule has 2 aliphatic rings. The van der Waals surface area contributed by atoms with Crippen LogP contribution in [0.5, 0.6) is 0 Å². The van der Waals surface area contributed by atoms with Crippen molar-refractivity contribution in [3.05, 3.63) is 0 Å². The van der Waals surface area contributed by atoms with E-state index in [0.717, 1.165) is 12.5 Å². The van der Waals surface area contributed by atoms with Crippen molar-refractivity contribution in [2.45, 2.75) is 44.6 Å². The fourth-order valence-corrected chi connectivity index (χ4v) is 2.35. The van der Waals surface area contributed by atoms with Crippen molar-refractivity contribution in [2.75, 3.05) is 6.61 Å². The molecule has 74 valence electrons. The van der Waals surface area contributed by atoms with Gasteiger partial charge in [-0.1, -0.05) is 25.7 Å². The normalized spacial score (nSPS) is 30.8. The molecule has 0 radical (unpaired) electrons. The Hall–Kier alpha value is -0.730. The molecule has 1 aliphatic heterocycles. The molecule has 3 nitrogen and oxygen atoms in total. The molecule has 3 heteroatoms. The predicted molar refractivity (Wildman–Crippen MR) is 52.6 cm³/mol. The average molecular weight is 182 g/mol. The number of ether oxygens (including phenoxy) is 1. The Morgan fingerprint density at radius 2 is 1.85 bits per heavy atom. The van der Waals surface area contributed by atoms with Crippen LogP contribution in [0.4, 0.5) is 0 Å². The summed E-state index contributed by atoms with van der Waals surface area (Å²) >= 11 is 0. The first-order chi connectivity index (χ1) is 6.36. The topological polar surface area (TPSA) is 47.6 Å². The quantitative estimate of drug-likeness (QED) is 0.627. The number of hydrogen-bond donors (Lipinski definition) is 1. The third-order valence-electron chi connectivity index (χ3n) is 3.14. The highest BCUT2D eigenvalue weighted by molar-refractivity contribution is 5.73. The smallest absolute Gasteiger partial charge is 0.282 e. The van der Waals surface area contributed by atoms with Crippen molar-refractivity contribution in [1.29, 1.82) is 0 Å². The summed E-state index contributed by atoms with van der Waals surface area (Å²) < 4.78 is 5.19. The molecule has 1 aliphatic carbocycles. The highest BCUT2D eigenvalue weighted by Gasteiger charge is 2.26. The summed E-state index contributed by atoms with van der Waals surface area (Å²) in [6, 6.07) is 0.757. The Labute approximate surface area is 79.4 Å². The third-order valence-corrected chi connectivity index (χ3v) is 3.14. The molecule has 1 heterocycles. The van der Waals surface area contributed by atoms with Gasteiger partial charge in [0.15, 0.2) is 0 Å². The van der Waals surface area contributed by atoms with Gasteiger partial charge in [-0.25, -0.2) is 4.99 Å². The van der Waals surface area contributed by atoms with Crippen molar-refractivity contribution >= 4 is 6.02 Å². The van der Waals surface area contributed by atoms with Crippen LogP contribution in [0.3, 0.4) is 0 Å². The van der Waals surface area contributed by atoms with E-state index in [0.29, 0.717) is 12.1 Å². The Morgan fingerprint density at radius 3 is 2.38 bits per heavy atom. The Balaban J connectivity index is 1.91. The van der Waals surface area contributed by atoms with Crippen LogP contribution in [0, 0.1) is 5.92 Å². The van der Waals surface area contributed by atoms with Crippen LogP contribution in [-0.4, -0.2) is 18.7 Å². The summed E-state index contributed by atoms with van der Waals surface area (Å²) in [5.41, 5.74) is 5.50. The Kier molecular flexibility index (Phi) is 2.71. The molecule has 0 bridgehead atoms. The highest BCUT2D eigenvalue weighted by Crippen LogP contribution is 2.28. The van der Waals surface area contributed by atoms with Crippen molar-refractivity contribution in [3.8, 4) is 0 Å². The largest absolute Gasteiger partial charge is 0.463 e. The van der Waals surface area contributed by atoms with Crippen molar-refractivity contribution in [3.63, 3.8) is 0 Å². The van der Waals surface area contributed by atoms with E-state index in [1.54, 1.807) is 0 Å². The lowest BCUT2D eigenvalue weighted by atomic mass is 9.93. The van der Waals surface area contributed by atoms with E-state index < -0.39 is 0 Å². The van der Waals surface area contributed by atoms with Gasteiger partial charge in [-0.2, -0.15) is 0 Å². The first-order valence-corrected chi connectivity index (χ1v) is 5.32. The maximum atomic E-state index is 5.50. The second-order valence-corrected chi connectivity index (χ2v) is 4.10. The number of rotatable bonds is 1. The minimum absolute atomic E-state index is 0.359. The first-order valence-electron chi connectivity index (χ1n) is 5.32. The van der Waals surface area contributed by atoms with E-state index in [9.17, 15) is 0 Å². The number of nitrogens with two attached hydrogens (primary N) is 1. The summed E-state index contributed by atoms with van der Waals surface area (Å²) in [6.45, 7) is 0.719. The second kappa shape index (κ2) is 3.99. The van der Waals surface area contributed by atoms with Gasteiger partial charge in [0, 0.05) is 0 Å². The van der Waals surface area contributed by atoms with Crippen LogP contribution in [0.2, 0.25) is 0 Å². The van der Waals surface area contributed by atoms with E-state index in [2.05, 4.69) is 4.99 Å². The van der Waals surface area contributed by atoms with E-state index in [1.165, 1.54) is 38.5 Å². The van der Waals surface area contributed by atoms with Gasteiger partial charge in [0.05, 0.1) is 6.04 Å². The van der Waals surface area contributed by atoms with Crippen LogP contribution in [0.15, 0.2) is 4.99 Å². The average Bonchev–Trinajstić information content (AvgIpc) is 2.43. The van der Waals surface area contributed by atoms with Gasteiger partial charge in [0.25, 0.3) is 6.02 Å². The molecular formula is C10H18N2O. The molecule has 13 heavy (non-hydrogen) atoms. The van der Waals surface area contributed by atoms with Gasteiger partial charge in [0.1, 0.15) is 6.61 Å². The van der Waals surface area contributed by atoms with E-state index in [1.807, 2.05) is 0 Å². The lowest BCUT2D eigenvalue weighted by Crippen LogP contribution is -2.19. The van der Waals surface area contributed by atoms with Crippen LogP contribution in [0.25, 0.3) is 0 Å². The monoisotopic (exact) mass is 182 g/mol. The Morgan fingerprint density at radius 1 is 1.15 bits per heavy atom. The summed E-state index contributed by atoms with van der Waals surface area (Å²) in [6.07, 6.45) is 8.12. The fourth-order valence-electron chi connectivity index (χ4n) is 2.35. The molecule has 1 saturated carbocycles. The maximum absolute atomic E-state index is 5.50. The second-order valence-electron chi connectivity index (χ2n) is 4.10. The Bertz CT molecular complexity index is 195. The number of nitrogens with zero attached hydrogens (tertiary/aromatic N) is 1. The lowest BCUT2D eigenvalue weighted by Gasteiger charge is -2.16. The molecular weight excluding hydrogens is 164 g/mol. The van der Waals surface area contributed by atoms with Gasteiger partial charge in [0.2, 0.25) is 0 Å². The molecule has 1 fully saturated rings. The number of amidine groups is 1. The zero-order valence-corrected chi connectivity index (χ0v) is 8.04. The molecule has 0 aromatic heterocycles. The molecule has 1 unspecified atom stereocenters. The van der Waals surface area contributed by atoms with E-state index in [-0.39, 0.29) is 0 Å². The van der Waals surface area contributed by atoms with Crippen LogP contribution in [-0.2, 0) is 4.74 Å². The third kappa shape index (κ3) is 2.14. The highest BCUT2D eigenvalue weighted by atomic mass is 16.5. The molecule has 0 saturated heterocycles. The van der Waals surface area contributed by atoms with Crippen LogP contribution >= 0.6 is 0 Å². The van der Waals surface area contributed by atoms with Gasteiger partial charge in [-0.3, -0.25) is 0 Å². The van der Waals surface area contributed by atoms with Gasteiger partial charge < -0.3 is 10.5 Å². The minimum atomic E-state index is 0.359. The molecule has 2 N–H and O–H groups in total. The zero-order valence-electron chi connectivity index (χ0n) is 8.04. The minimum Gasteiger partial charge on any atom is -0.463 e. The number of aliphatic imine (C=N–C) groups is 1. The van der Waals surface area contributed by atoms with Gasteiger partial charge in [-0.05, 0) is 18.8 Å². The van der Waals surface area contributed by atoms with Crippen LogP contribution < -0.4 is 5.73 Å². The molecule has 0 aromatic rings. The summed E-state index contributed by atoms with van der Waals surface area (Å²) in [5, 5.41) is 0. The first kappa shape index (κ1) is 8.85. The zero-order chi connectivity index (χ0) is 9.10. The predicted octanol–water partition coefficient (Wildman–Crippen LogP) is 1.67. The summed E-state index contributed by atoms with van der Waals surface area (Å²) in [5.74, 6) is 0.726. The molecule has 0 aromatic carbocycles. The van der Waals surface area contributed by atoms with Crippen molar-refractivity contribution in [1.82, 2.24) is 0 Å². The van der Waals surface area contributed by atoms with E-state index >= 15 is 0 Å². The fraction of sp³-hybridized carbons (Fsp3) is 0.900. The molecule has 0 spiro atoms. The number of hydrogen-bond acceptors (Lipinski definition) is 3. The standard InChI is InChI=1S/C10H18N2O/c11-10-12-9(7-13-10)8-5-3-1-2-4-6-8/h8-9H,1-7H2,(H2,11,12). The SMILES string of the molecule is NC1=NC(C2CCCCCC2)CO1. The maximum Gasteiger partial charge on any atom is 0.282 e. The lowest BCUT2D eigenvalue weighted by molar-refractivity contribution is 0.262. The van der Waals surface area contributed by atoms with Gasteiger partial charge >= 0.3 is 0 Å². The molecule has 0 amide bonds. The van der Waals surface area contributed by atoms with Crippen LogP contribution in [0.1, 0.15) is 38.5 Å². The van der Waals surface area contributed by atoms with E-state index in [4.69, 9.17) is 10.5 Å². The molecule has 1 atom stereocenters. The summed E-state index contributed by atoms with van der Waals surface area (Å²) in [7, 11) is 0. The van der Waals surface area contributed by atoms with Crippen molar-refractivity contribution < 1.29 is 4.74 Å². The molecule has 2 rings (SSSR count). The summed E-state index contributed by atoms with van der Waals surface area (Å²) in [4.78, 5) is 4.33. The van der Waals surface area contributed by atoms with Crippen molar-refractivity contribution in [2.24, 2.45) is 16.6 Å².